The van der Waals surface area contributed by atoms with Gasteiger partial charge in [-0.2, -0.15) is 0 Å². The number of hydrogen-bond acceptors (Lipinski definition) is 6. The summed E-state index contributed by atoms with van der Waals surface area (Å²) in [6, 6.07) is -0.775. The van der Waals surface area contributed by atoms with Gasteiger partial charge < -0.3 is 25.2 Å². The average Bonchev–Trinajstić information content (AvgIpc) is 2.85. The molecule has 0 unspecified atom stereocenters. The van der Waals surface area contributed by atoms with E-state index in [1.807, 2.05) is 46.8 Å². The van der Waals surface area contributed by atoms with E-state index in [4.69, 9.17) is 21.1 Å². The Kier molecular flexibility index (Phi) is 14.6. The fourth-order valence-electron chi connectivity index (χ4n) is 3.68. The first-order valence-corrected chi connectivity index (χ1v) is 13.4. The van der Waals surface area contributed by atoms with E-state index in [-0.39, 0.29) is 23.7 Å². The molecule has 216 valence electrons. The molecule has 0 saturated heterocycles. The highest BCUT2D eigenvalue weighted by Gasteiger charge is 2.32. The molecule has 0 radical (unpaired) electrons. The van der Waals surface area contributed by atoms with E-state index in [1.54, 1.807) is 37.3 Å². The quantitative estimate of drug-likeness (QED) is 0.166. The molecule has 3 N–H and O–H groups in total. The van der Waals surface area contributed by atoms with E-state index in [0.717, 1.165) is 5.57 Å². The minimum absolute atomic E-state index is 0.00409. The van der Waals surface area contributed by atoms with Gasteiger partial charge in [0.2, 0.25) is 11.8 Å². The molecule has 1 aliphatic heterocycles. The zero-order valence-electron chi connectivity index (χ0n) is 24.0. The predicted octanol–water partition coefficient (Wildman–Crippen LogP) is 4.97. The lowest BCUT2D eigenvalue weighted by Crippen LogP contribution is -2.52. The number of nitrogens with one attached hydrogen (secondary N) is 2. The molecule has 39 heavy (non-hydrogen) atoms. The summed E-state index contributed by atoms with van der Waals surface area (Å²) in [5.74, 6) is -0.991. The Morgan fingerprint density at radius 2 is 1.90 bits per heavy atom. The molecule has 0 aliphatic carbocycles. The smallest absolute Gasteiger partial charge is 0.373 e. The van der Waals surface area contributed by atoms with E-state index in [9.17, 15) is 19.5 Å². The van der Waals surface area contributed by atoms with Gasteiger partial charge in [-0.25, -0.2) is 4.79 Å². The second kappa shape index (κ2) is 16.8. The Morgan fingerprint density at radius 3 is 2.49 bits per heavy atom. The third kappa shape index (κ3) is 13.5. The number of ether oxygens (including phenoxy) is 2. The SMILES string of the molecule is COC1=CC[C@@H]([C@@H](C)/C=C(C)/C=C\C=C/C(=O)N[C@H](C(=O)N/C=C\C[C@@H](O)C/C=C(\C)Cl)C(C)(C)C)OC1=O. The zero-order valence-corrected chi connectivity index (χ0v) is 24.7. The van der Waals surface area contributed by atoms with Crippen LogP contribution in [0.5, 0.6) is 0 Å². The van der Waals surface area contributed by atoms with Crippen LogP contribution in [0.3, 0.4) is 0 Å². The minimum Gasteiger partial charge on any atom is -0.490 e. The van der Waals surface area contributed by atoms with E-state index >= 15 is 0 Å². The fourth-order valence-corrected chi connectivity index (χ4v) is 3.77. The van der Waals surface area contributed by atoms with Gasteiger partial charge in [0.25, 0.3) is 0 Å². The van der Waals surface area contributed by atoms with Crippen molar-refractivity contribution >= 4 is 29.4 Å². The van der Waals surface area contributed by atoms with Gasteiger partial charge in [0, 0.05) is 23.4 Å². The molecule has 8 nitrogen and oxygen atoms in total. The Balaban J connectivity index is 2.64. The van der Waals surface area contributed by atoms with Crippen LogP contribution in [-0.4, -0.2) is 48.2 Å². The second-order valence-electron chi connectivity index (χ2n) is 10.6. The molecule has 9 heteroatoms. The lowest BCUT2D eigenvalue weighted by atomic mass is 9.86. The van der Waals surface area contributed by atoms with E-state index in [0.29, 0.717) is 24.3 Å². The van der Waals surface area contributed by atoms with E-state index < -0.39 is 29.4 Å². The first-order chi connectivity index (χ1) is 18.2. The largest absolute Gasteiger partial charge is 0.490 e. The number of methoxy groups -OCH3 is 1. The lowest BCUT2D eigenvalue weighted by Gasteiger charge is -2.29. The highest BCUT2D eigenvalue weighted by atomic mass is 35.5. The molecule has 0 aromatic carbocycles. The minimum atomic E-state index is -0.775. The number of cyclic esters (lactones) is 1. The molecule has 1 rings (SSSR count). The Hall–Kier alpha value is -3.10. The summed E-state index contributed by atoms with van der Waals surface area (Å²) in [5.41, 5.74) is 0.416. The first-order valence-electron chi connectivity index (χ1n) is 13.0. The van der Waals surface area contributed by atoms with Crippen LogP contribution >= 0.6 is 11.6 Å². The van der Waals surface area contributed by atoms with Crippen molar-refractivity contribution in [2.24, 2.45) is 11.3 Å². The van der Waals surface area contributed by atoms with Gasteiger partial charge in [0.1, 0.15) is 12.1 Å². The summed E-state index contributed by atoms with van der Waals surface area (Å²) in [4.78, 5) is 37.1. The zero-order chi connectivity index (χ0) is 29.6. The van der Waals surface area contributed by atoms with Crippen LogP contribution < -0.4 is 10.6 Å². The first kappa shape index (κ1) is 33.9. The number of carbonyl (C=O) groups excluding carboxylic acids is 3. The Bertz CT molecular complexity index is 1030. The molecule has 2 amide bonds. The van der Waals surface area contributed by atoms with Gasteiger partial charge in [0.05, 0.1) is 13.2 Å². The van der Waals surface area contributed by atoms with Crippen LogP contribution in [0.4, 0.5) is 0 Å². The third-order valence-corrected chi connectivity index (χ3v) is 6.04. The van der Waals surface area contributed by atoms with Gasteiger partial charge in [0.15, 0.2) is 5.76 Å². The highest BCUT2D eigenvalue weighted by molar-refractivity contribution is 6.29. The maximum Gasteiger partial charge on any atom is 0.373 e. The van der Waals surface area contributed by atoms with Gasteiger partial charge >= 0.3 is 5.97 Å². The number of esters is 1. The molecular weight excluding hydrogens is 520 g/mol. The topological polar surface area (TPSA) is 114 Å². The second-order valence-corrected chi connectivity index (χ2v) is 11.2. The van der Waals surface area contributed by atoms with Gasteiger partial charge in [-0.15, -0.1) is 0 Å². The number of allylic oxidation sites excluding steroid dienone is 5. The molecule has 1 heterocycles. The van der Waals surface area contributed by atoms with Crippen molar-refractivity contribution in [3.05, 3.63) is 71.2 Å². The molecule has 0 saturated carbocycles. The van der Waals surface area contributed by atoms with Gasteiger partial charge in [-0.3, -0.25) is 9.59 Å². The summed E-state index contributed by atoms with van der Waals surface area (Å²) in [7, 11) is 1.44. The molecule has 1 aliphatic rings. The van der Waals surface area contributed by atoms with Crippen molar-refractivity contribution in [3.63, 3.8) is 0 Å². The monoisotopic (exact) mass is 562 g/mol. The van der Waals surface area contributed by atoms with Crippen LogP contribution in [0.1, 0.15) is 60.8 Å². The van der Waals surface area contributed by atoms with Crippen LogP contribution in [-0.2, 0) is 23.9 Å². The van der Waals surface area contributed by atoms with Crippen molar-refractivity contribution in [3.8, 4) is 0 Å². The normalized spacial score (nSPS) is 19.6. The fraction of sp³-hybridized carbons (Fsp3) is 0.500. The lowest BCUT2D eigenvalue weighted by molar-refractivity contribution is -0.151. The number of hydrogen-bond donors (Lipinski definition) is 3. The number of rotatable bonds is 13. The van der Waals surface area contributed by atoms with E-state index in [1.165, 1.54) is 19.4 Å². The van der Waals surface area contributed by atoms with Crippen molar-refractivity contribution in [2.45, 2.75) is 79.1 Å². The van der Waals surface area contributed by atoms with Gasteiger partial charge in [-0.05, 0) is 44.4 Å². The third-order valence-electron chi connectivity index (χ3n) is 5.88. The Morgan fingerprint density at radius 1 is 1.23 bits per heavy atom. The van der Waals surface area contributed by atoms with Crippen LogP contribution in [0.2, 0.25) is 0 Å². The molecule has 0 fully saturated rings. The van der Waals surface area contributed by atoms with Crippen LogP contribution in [0, 0.1) is 11.3 Å². The van der Waals surface area contributed by atoms with Crippen molar-refractivity contribution < 1.29 is 29.0 Å². The van der Waals surface area contributed by atoms with E-state index in [2.05, 4.69) is 10.6 Å². The van der Waals surface area contributed by atoms with Gasteiger partial charge in [-0.1, -0.05) is 81.3 Å². The Labute approximate surface area is 237 Å². The molecule has 0 spiro atoms. The summed E-state index contributed by atoms with van der Waals surface area (Å²) >= 11 is 5.77. The van der Waals surface area contributed by atoms with Crippen molar-refractivity contribution in [1.82, 2.24) is 10.6 Å². The molecule has 0 aromatic rings. The van der Waals surface area contributed by atoms with Crippen LogP contribution in [0.15, 0.2) is 71.2 Å². The maximum absolute atomic E-state index is 12.7. The molecular formula is C30H43ClN2O6. The predicted molar refractivity (Wildman–Crippen MR) is 154 cm³/mol. The number of amides is 2. The molecule has 4 atom stereocenters. The highest BCUT2D eigenvalue weighted by Crippen LogP contribution is 2.23. The summed E-state index contributed by atoms with van der Waals surface area (Å²) in [5, 5.41) is 16.0. The molecule has 0 aromatic heterocycles. The number of aliphatic hydroxyl groups excluding tert-OH is 1. The standard InChI is InChI=1S/C30H43ClN2O6/c1-20(19-21(2)24-16-17-25(38-7)29(37)39-24)11-8-9-13-26(35)33-27(30(4,5)6)28(36)32-18-10-12-23(34)15-14-22(3)31/h8-11,13-14,17-19,21,23-24,27,34H,12,15-16H2,1-7H3,(H,32,36)(H,33,35)/b11-8-,13-9-,18-10-,20-19+,22-14+/t21-,23+,24-,27+/m0/s1. The number of halogens is 1. The number of carbonyl (C=O) groups is 3. The summed E-state index contributed by atoms with van der Waals surface area (Å²) in [6.45, 7) is 11.2. The van der Waals surface area contributed by atoms with Crippen LogP contribution in [0.25, 0.3) is 0 Å². The average molecular weight is 563 g/mol. The van der Waals surface area contributed by atoms with Crippen molar-refractivity contribution in [2.75, 3.05) is 7.11 Å². The van der Waals surface area contributed by atoms with Crippen molar-refractivity contribution in [1.29, 1.82) is 0 Å². The summed E-state index contributed by atoms with van der Waals surface area (Å²) < 4.78 is 10.4. The number of aliphatic hydroxyl groups is 1. The maximum atomic E-state index is 12.7. The summed E-state index contributed by atoms with van der Waals surface area (Å²) in [6.07, 6.45) is 15.6. The molecule has 0 bridgehead atoms.